The minimum absolute atomic E-state index is 0.202. The Labute approximate surface area is 218 Å². The van der Waals surface area contributed by atoms with Crippen LogP contribution in [-0.4, -0.2) is 68.9 Å². The summed E-state index contributed by atoms with van der Waals surface area (Å²) in [7, 11) is -3.57. The van der Waals surface area contributed by atoms with Gasteiger partial charge in [-0.2, -0.15) is 17.4 Å². The van der Waals surface area contributed by atoms with Gasteiger partial charge in [-0.3, -0.25) is 4.90 Å². The predicted octanol–water partition coefficient (Wildman–Crippen LogP) is 3.32. The van der Waals surface area contributed by atoms with Crippen LogP contribution in [0.15, 0.2) is 48.7 Å². The van der Waals surface area contributed by atoms with Gasteiger partial charge in [0.25, 0.3) is 10.2 Å². The number of aromatic nitrogens is 4. The highest BCUT2D eigenvalue weighted by atomic mass is 32.2. The molecule has 4 aromatic rings. The average Bonchev–Trinajstić information content (AvgIpc) is 3.47. The molecule has 0 unspecified atom stereocenters. The molecule has 9 nitrogen and oxygen atoms in total. The number of piperidine rings is 1. The van der Waals surface area contributed by atoms with E-state index in [9.17, 15) is 8.42 Å². The second kappa shape index (κ2) is 9.50. The summed E-state index contributed by atoms with van der Waals surface area (Å²) in [5.41, 5.74) is 5.83. The van der Waals surface area contributed by atoms with E-state index in [1.165, 1.54) is 26.3 Å². The second-order valence-electron chi connectivity index (χ2n) is 10.2. The summed E-state index contributed by atoms with van der Waals surface area (Å²) in [6.07, 6.45) is 4.02. The van der Waals surface area contributed by atoms with Gasteiger partial charge in [-0.05, 0) is 49.1 Å². The monoisotopic (exact) mass is 521 g/mol. The molecule has 3 atom stereocenters. The van der Waals surface area contributed by atoms with E-state index in [2.05, 4.69) is 55.8 Å². The zero-order valence-corrected chi connectivity index (χ0v) is 22.5. The van der Waals surface area contributed by atoms with Gasteiger partial charge in [-0.25, -0.2) is 4.68 Å². The number of likely N-dealkylation sites (tertiary alicyclic amines) is 1. The van der Waals surface area contributed by atoms with E-state index in [-0.39, 0.29) is 18.0 Å². The number of aryl methyl sites for hydroxylation is 1. The molecule has 2 aliphatic rings. The summed E-state index contributed by atoms with van der Waals surface area (Å²) in [4.78, 5) is 2.41. The number of fused-ring (bicyclic) bond motifs is 3. The molecule has 1 N–H and O–H groups in total. The van der Waals surface area contributed by atoms with Gasteiger partial charge < -0.3 is 4.57 Å². The van der Waals surface area contributed by atoms with Crippen molar-refractivity contribution in [3.05, 3.63) is 59.8 Å². The Morgan fingerprint density at radius 2 is 1.84 bits per heavy atom. The Hall–Kier alpha value is -2.79. The first kappa shape index (κ1) is 24.5. The Kier molecular flexibility index (Phi) is 6.30. The number of rotatable bonds is 8. The highest BCUT2D eigenvalue weighted by Crippen LogP contribution is 2.44. The fourth-order valence-corrected chi connectivity index (χ4v) is 7.95. The largest absolute Gasteiger partial charge is 0.347 e. The predicted molar refractivity (Wildman–Crippen MR) is 145 cm³/mol. The highest BCUT2D eigenvalue weighted by Gasteiger charge is 2.42. The summed E-state index contributed by atoms with van der Waals surface area (Å²) in [5.74, 6) is 0.219. The average molecular weight is 522 g/mol. The van der Waals surface area contributed by atoms with Crippen LogP contribution in [0.2, 0.25) is 0 Å². The normalized spacial score (nSPS) is 22.2. The van der Waals surface area contributed by atoms with Crippen LogP contribution < -0.4 is 4.72 Å². The standard InChI is InChI=1S/C27H35N7O2S/c1-4-31-16-19-14-26-22(21-10-9-13-25(31)27(19)21)15-20(29-37(35,36)33(5-2)6-3)17-32(26)18-34-24-12-8-7-11-23(24)28-30-34/h7-13,16,20,22,26,29H,4-6,14-15,17-18H2,1-3H3/t20-,22-,26+/m0/s1. The van der Waals surface area contributed by atoms with Gasteiger partial charge in [0.05, 0.1) is 12.2 Å². The molecule has 0 bridgehead atoms. The zero-order valence-electron chi connectivity index (χ0n) is 21.7. The number of benzene rings is 2. The third kappa shape index (κ3) is 4.16. The topological polar surface area (TPSA) is 88.3 Å². The lowest BCUT2D eigenvalue weighted by molar-refractivity contribution is 0.0704. The van der Waals surface area contributed by atoms with E-state index >= 15 is 0 Å². The number of hydrogen-bond donors (Lipinski definition) is 1. The van der Waals surface area contributed by atoms with E-state index < -0.39 is 10.2 Å². The van der Waals surface area contributed by atoms with Gasteiger partial charge >= 0.3 is 0 Å². The summed E-state index contributed by atoms with van der Waals surface area (Å²) >= 11 is 0. The van der Waals surface area contributed by atoms with Gasteiger partial charge in [0.15, 0.2) is 0 Å². The molecule has 1 saturated heterocycles. The molecule has 6 rings (SSSR count). The SMILES string of the molecule is CCN(CC)S(=O)(=O)N[C@H]1C[C@H]2c3cccc4c3c(cn4CC)C[C@H]2N(Cn2nnc3ccccc32)C1. The van der Waals surface area contributed by atoms with Gasteiger partial charge in [-0.1, -0.05) is 43.3 Å². The maximum atomic E-state index is 13.2. The van der Waals surface area contributed by atoms with Gasteiger partial charge in [0.2, 0.25) is 0 Å². The number of hydrogen-bond acceptors (Lipinski definition) is 5. The molecule has 1 fully saturated rings. The minimum atomic E-state index is -3.57. The molecule has 2 aromatic heterocycles. The maximum Gasteiger partial charge on any atom is 0.279 e. The summed E-state index contributed by atoms with van der Waals surface area (Å²) in [5, 5.41) is 10.2. The first-order valence-corrected chi connectivity index (χ1v) is 14.8. The molecular formula is C27H35N7O2S. The fourth-order valence-electron chi connectivity index (χ4n) is 6.53. The quantitative estimate of drug-likeness (QED) is 0.384. The van der Waals surface area contributed by atoms with Crippen molar-refractivity contribution in [1.29, 1.82) is 0 Å². The Morgan fingerprint density at radius 1 is 1.05 bits per heavy atom. The molecule has 3 heterocycles. The van der Waals surface area contributed by atoms with Crippen LogP contribution in [0.3, 0.4) is 0 Å². The second-order valence-corrected chi connectivity index (χ2v) is 11.9. The molecule has 2 aromatic carbocycles. The Morgan fingerprint density at radius 3 is 2.62 bits per heavy atom. The van der Waals surface area contributed by atoms with Crippen molar-refractivity contribution in [2.75, 3.05) is 19.6 Å². The molecule has 10 heteroatoms. The van der Waals surface area contributed by atoms with E-state index in [0.717, 1.165) is 30.4 Å². The molecule has 0 saturated carbocycles. The van der Waals surface area contributed by atoms with E-state index in [1.54, 1.807) is 0 Å². The van der Waals surface area contributed by atoms with Crippen molar-refractivity contribution in [1.82, 2.24) is 33.5 Å². The van der Waals surface area contributed by atoms with Crippen LogP contribution in [0.1, 0.15) is 44.2 Å². The number of para-hydroxylation sites is 1. The summed E-state index contributed by atoms with van der Waals surface area (Å²) in [6, 6.07) is 14.6. The lowest BCUT2D eigenvalue weighted by atomic mass is 9.74. The van der Waals surface area contributed by atoms with Crippen LogP contribution >= 0.6 is 0 Å². The smallest absolute Gasteiger partial charge is 0.279 e. The van der Waals surface area contributed by atoms with Gasteiger partial charge in [0.1, 0.15) is 5.52 Å². The van der Waals surface area contributed by atoms with Crippen LogP contribution in [0.5, 0.6) is 0 Å². The molecule has 0 radical (unpaired) electrons. The van der Waals surface area contributed by atoms with Crippen LogP contribution in [0.4, 0.5) is 0 Å². The summed E-state index contributed by atoms with van der Waals surface area (Å²) in [6.45, 7) is 8.95. The number of nitrogens with zero attached hydrogens (tertiary/aromatic N) is 6. The lowest BCUT2D eigenvalue weighted by Gasteiger charge is -2.47. The molecule has 196 valence electrons. The Balaban J connectivity index is 1.40. The molecule has 0 spiro atoms. The molecule has 0 amide bonds. The first-order chi connectivity index (χ1) is 17.9. The number of nitrogens with one attached hydrogen (secondary N) is 1. The molecule has 37 heavy (non-hydrogen) atoms. The van der Waals surface area contributed by atoms with Crippen molar-refractivity contribution < 1.29 is 8.42 Å². The molecule has 1 aliphatic carbocycles. The minimum Gasteiger partial charge on any atom is -0.347 e. The van der Waals surface area contributed by atoms with Crippen molar-refractivity contribution in [3.8, 4) is 0 Å². The van der Waals surface area contributed by atoms with Crippen molar-refractivity contribution >= 4 is 32.1 Å². The zero-order chi connectivity index (χ0) is 25.7. The van der Waals surface area contributed by atoms with Crippen LogP contribution in [0.25, 0.3) is 21.9 Å². The summed E-state index contributed by atoms with van der Waals surface area (Å²) < 4.78 is 35.3. The van der Waals surface area contributed by atoms with E-state index in [0.29, 0.717) is 26.3 Å². The van der Waals surface area contributed by atoms with Gasteiger partial charge in [0, 0.05) is 61.3 Å². The lowest BCUT2D eigenvalue weighted by Crippen LogP contribution is -2.58. The first-order valence-electron chi connectivity index (χ1n) is 13.3. The van der Waals surface area contributed by atoms with Crippen molar-refractivity contribution in [3.63, 3.8) is 0 Å². The third-order valence-electron chi connectivity index (χ3n) is 8.21. The highest BCUT2D eigenvalue weighted by molar-refractivity contribution is 7.87. The molecule has 1 aliphatic heterocycles. The van der Waals surface area contributed by atoms with E-state index in [1.807, 2.05) is 42.8 Å². The van der Waals surface area contributed by atoms with E-state index in [4.69, 9.17) is 0 Å². The van der Waals surface area contributed by atoms with Crippen molar-refractivity contribution in [2.24, 2.45) is 0 Å². The maximum absolute atomic E-state index is 13.2. The third-order valence-corrected chi connectivity index (χ3v) is 10.0. The van der Waals surface area contributed by atoms with Crippen LogP contribution in [0, 0.1) is 0 Å². The van der Waals surface area contributed by atoms with Gasteiger partial charge in [-0.15, -0.1) is 5.10 Å². The Bertz CT molecular complexity index is 1540. The van der Waals surface area contributed by atoms with Crippen LogP contribution in [-0.2, 0) is 29.8 Å². The fraction of sp³-hybridized carbons (Fsp3) is 0.481. The van der Waals surface area contributed by atoms with Crippen molar-refractivity contribution in [2.45, 2.75) is 64.8 Å². The molecular weight excluding hydrogens is 486 g/mol.